The van der Waals surface area contributed by atoms with Crippen molar-refractivity contribution in [3.63, 3.8) is 0 Å². The average Bonchev–Trinajstić information content (AvgIpc) is 2.80. The molecule has 0 atom stereocenters. The van der Waals surface area contributed by atoms with Gasteiger partial charge in [0, 0.05) is 34.9 Å². The van der Waals surface area contributed by atoms with Gasteiger partial charge in [0.25, 0.3) is 0 Å². The number of H-pyrrole nitrogens is 1. The van der Waals surface area contributed by atoms with Gasteiger partial charge in [0.2, 0.25) is 0 Å². The first-order valence-electron chi connectivity index (χ1n) is 7.26. The number of allylic oxidation sites excluding steroid dienone is 1. The summed E-state index contributed by atoms with van der Waals surface area (Å²) < 4.78 is 13.9. The topological polar surface area (TPSA) is 27.8 Å². The van der Waals surface area contributed by atoms with Crippen LogP contribution in [0.5, 0.6) is 0 Å². The van der Waals surface area contributed by atoms with Crippen molar-refractivity contribution in [3.8, 4) is 0 Å². The second-order valence-corrected chi connectivity index (χ2v) is 6.45. The number of fused-ring (bicyclic) bond motifs is 3. The van der Waals surface area contributed by atoms with Crippen LogP contribution >= 0.6 is 0 Å². The molecular weight excluding hydrogens is 263 g/mol. The lowest BCUT2D eigenvalue weighted by atomic mass is 9.73. The van der Waals surface area contributed by atoms with E-state index in [0.29, 0.717) is 0 Å². The van der Waals surface area contributed by atoms with Gasteiger partial charge in [0.05, 0.1) is 0 Å². The SMILES string of the molecule is C=C(NC)c1cc(F)cc2[nH]c3c(c12)CCC(C)(C)C3=C. The van der Waals surface area contributed by atoms with E-state index in [9.17, 15) is 4.39 Å². The second-order valence-electron chi connectivity index (χ2n) is 6.45. The third kappa shape index (κ3) is 1.99. The highest BCUT2D eigenvalue weighted by atomic mass is 19.1. The predicted octanol–water partition coefficient (Wildman–Crippen LogP) is 4.48. The molecule has 1 aromatic heterocycles. The molecule has 0 radical (unpaired) electrons. The fraction of sp³-hybridized carbons (Fsp3) is 0.333. The van der Waals surface area contributed by atoms with E-state index in [-0.39, 0.29) is 11.2 Å². The summed E-state index contributed by atoms with van der Waals surface area (Å²) >= 11 is 0. The zero-order chi connectivity index (χ0) is 15.4. The molecular formula is C18H21FN2. The fourth-order valence-electron chi connectivity index (χ4n) is 3.17. The summed E-state index contributed by atoms with van der Waals surface area (Å²) in [6.07, 6.45) is 2.02. The number of aromatic nitrogens is 1. The van der Waals surface area contributed by atoms with Crippen molar-refractivity contribution in [2.45, 2.75) is 26.7 Å². The molecule has 3 heteroatoms. The van der Waals surface area contributed by atoms with E-state index in [1.807, 2.05) is 0 Å². The summed E-state index contributed by atoms with van der Waals surface area (Å²) in [5.41, 5.74) is 5.87. The summed E-state index contributed by atoms with van der Waals surface area (Å²) in [4.78, 5) is 3.37. The molecule has 2 N–H and O–H groups in total. The lowest BCUT2D eigenvalue weighted by molar-refractivity contribution is 0.444. The van der Waals surface area contributed by atoms with Gasteiger partial charge in [-0.15, -0.1) is 0 Å². The number of benzene rings is 1. The van der Waals surface area contributed by atoms with Crippen LogP contribution in [0.25, 0.3) is 22.2 Å². The summed E-state index contributed by atoms with van der Waals surface area (Å²) in [5.74, 6) is -0.252. The highest BCUT2D eigenvalue weighted by Crippen LogP contribution is 2.46. The van der Waals surface area contributed by atoms with Gasteiger partial charge >= 0.3 is 0 Å². The van der Waals surface area contributed by atoms with Crippen molar-refractivity contribution in [1.29, 1.82) is 0 Å². The smallest absolute Gasteiger partial charge is 0.125 e. The number of hydrogen-bond donors (Lipinski definition) is 2. The lowest BCUT2D eigenvalue weighted by Gasteiger charge is -2.32. The minimum Gasteiger partial charge on any atom is -0.388 e. The highest BCUT2D eigenvalue weighted by Gasteiger charge is 2.32. The van der Waals surface area contributed by atoms with Crippen molar-refractivity contribution in [1.82, 2.24) is 10.3 Å². The Morgan fingerprint density at radius 1 is 1.38 bits per heavy atom. The van der Waals surface area contributed by atoms with Gasteiger partial charge in [-0.3, -0.25) is 0 Å². The summed E-state index contributed by atoms with van der Waals surface area (Å²) in [5, 5.41) is 4.10. The second kappa shape index (κ2) is 4.48. The Balaban J connectivity index is 2.33. The van der Waals surface area contributed by atoms with Gasteiger partial charge in [-0.05, 0) is 41.5 Å². The molecule has 1 aromatic carbocycles. The molecule has 2 aromatic rings. The average molecular weight is 284 g/mol. The van der Waals surface area contributed by atoms with E-state index in [1.54, 1.807) is 19.2 Å². The van der Waals surface area contributed by atoms with Crippen molar-refractivity contribution in [3.05, 3.63) is 47.9 Å². The monoisotopic (exact) mass is 284 g/mol. The van der Waals surface area contributed by atoms with Gasteiger partial charge in [-0.2, -0.15) is 0 Å². The van der Waals surface area contributed by atoms with Crippen molar-refractivity contribution in [2.24, 2.45) is 5.41 Å². The zero-order valence-electron chi connectivity index (χ0n) is 12.9. The fourth-order valence-corrected chi connectivity index (χ4v) is 3.17. The quantitative estimate of drug-likeness (QED) is 0.836. The Morgan fingerprint density at radius 2 is 2.10 bits per heavy atom. The Labute approximate surface area is 124 Å². The summed E-state index contributed by atoms with van der Waals surface area (Å²) in [6, 6.07) is 3.11. The van der Waals surface area contributed by atoms with Crippen LogP contribution in [0.2, 0.25) is 0 Å². The molecule has 1 heterocycles. The third-order valence-corrected chi connectivity index (χ3v) is 4.71. The van der Waals surface area contributed by atoms with Crippen LogP contribution < -0.4 is 5.32 Å². The van der Waals surface area contributed by atoms with Crippen LogP contribution in [0.4, 0.5) is 4.39 Å². The van der Waals surface area contributed by atoms with Crippen molar-refractivity contribution < 1.29 is 4.39 Å². The number of halogens is 1. The minimum atomic E-state index is -0.252. The van der Waals surface area contributed by atoms with Crippen LogP contribution in [0.15, 0.2) is 25.3 Å². The van der Waals surface area contributed by atoms with E-state index in [2.05, 4.69) is 37.3 Å². The van der Waals surface area contributed by atoms with Gasteiger partial charge in [0.1, 0.15) is 5.82 Å². The van der Waals surface area contributed by atoms with Crippen LogP contribution in [-0.2, 0) is 6.42 Å². The van der Waals surface area contributed by atoms with Crippen LogP contribution in [0.3, 0.4) is 0 Å². The molecule has 0 fully saturated rings. The summed E-state index contributed by atoms with van der Waals surface area (Å²) in [6.45, 7) is 12.7. The molecule has 21 heavy (non-hydrogen) atoms. The first-order valence-corrected chi connectivity index (χ1v) is 7.26. The lowest BCUT2D eigenvalue weighted by Crippen LogP contribution is -2.20. The molecule has 0 saturated heterocycles. The molecule has 0 amide bonds. The van der Waals surface area contributed by atoms with Crippen molar-refractivity contribution >= 4 is 22.2 Å². The van der Waals surface area contributed by atoms with Crippen LogP contribution in [0, 0.1) is 11.2 Å². The molecule has 1 aliphatic rings. The normalized spacial score (nSPS) is 16.9. The van der Waals surface area contributed by atoms with Crippen LogP contribution in [0.1, 0.15) is 37.1 Å². The van der Waals surface area contributed by atoms with E-state index in [4.69, 9.17) is 0 Å². The molecule has 1 aliphatic carbocycles. The van der Waals surface area contributed by atoms with E-state index in [1.165, 1.54) is 5.56 Å². The third-order valence-electron chi connectivity index (χ3n) is 4.71. The van der Waals surface area contributed by atoms with E-state index in [0.717, 1.165) is 46.3 Å². The Kier molecular flexibility index (Phi) is 2.97. The first kappa shape index (κ1) is 13.9. The summed E-state index contributed by atoms with van der Waals surface area (Å²) in [7, 11) is 1.81. The van der Waals surface area contributed by atoms with Gasteiger partial charge < -0.3 is 10.3 Å². The molecule has 0 aliphatic heterocycles. The minimum absolute atomic E-state index is 0.0760. The molecule has 110 valence electrons. The largest absolute Gasteiger partial charge is 0.388 e. The van der Waals surface area contributed by atoms with Gasteiger partial charge in [-0.1, -0.05) is 27.0 Å². The molecule has 0 spiro atoms. The molecule has 2 nitrogen and oxygen atoms in total. The molecule has 3 rings (SSSR count). The Morgan fingerprint density at radius 3 is 2.76 bits per heavy atom. The number of hydrogen-bond acceptors (Lipinski definition) is 1. The van der Waals surface area contributed by atoms with Crippen molar-refractivity contribution in [2.75, 3.05) is 7.05 Å². The van der Waals surface area contributed by atoms with E-state index >= 15 is 0 Å². The van der Waals surface area contributed by atoms with Gasteiger partial charge in [0.15, 0.2) is 0 Å². The van der Waals surface area contributed by atoms with Crippen LogP contribution in [-0.4, -0.2) is 12.0 Å². The standard InChI is InChI=1S/C18H21FN2/c1-10-17-13(6-7-18(10,3)4)16-14(11(2)20-5)8-12(19)9-15(16)21-17/h8-9,20-21H,1-2,6-7H2,3-5H3. The predicted molar refractivity (Wildman–Crippen MR) is 87.5 cm³/mol. The highest BCUT2D eigenvalue weighted by molar-refractivity contribution is 5.98. The number of aromatic amines is 1. The van der Waals surface area contributed by atoms with Gasteiger partial charge in [-0.25, -0.2) is 4.39 Å². The molecule has 0 bridgehead atoms. The Hall–Kier alpha value is -2.03. The molecule has 0 unspecified atom stereocenters. The zero-order valence-corrected chi connectivity index (χ0v) is 12.9. The number of rotatable bonds is 2. The maximum absolute atomic E-state index is 13.9. The van der Waals surface area contributed by atoms with E-state index < -0.39 is 0 Å². The molecule has 0 saturated carbocycles. The maximum Gasteiger partial charge on any atom is 0.125 e. The number of nitrogens with one attached hydrogen (secondary N) is 2. The Bertz CT molecular complexity index is 765. The maximum atomic E-state index is 13.9. The first-order chi connectivity index (χ1) is 9.85. The number of aryl methyl sites for hydroxylation is 1.